The van der Waals surface area contributed by atoms with E-state index in [-0.39, 0.29) is 11.6 Å². The van der Waals surface area contributed by atoms with Crippen LogP contribution < -0.4 is 10.6 Å². The molecular formula is C12H26N2O2. The highest BCUT2D eigenvalue weighted by molar-refractivity contribution is 5.68. The molecule has 0 unspecified atom stereocenters. The van der Waals surface area contributed by atoms with Crippen LogP contribution >= 0.6 is 0 Å². The van der Waals surface area contributed by atoms with Crippen molar-refractivity contribution >= 4 is 6.09 Å². The van der Waals surface area contributed by atoms with Gasteiger partial charge in [-0.25, -0.2) is 4.79 Å². The predicted molar refractivity (Wildman–Crippen MR) is 66.6 cm³/mol. The molecule has 0 aromatic heterocycles. The van der Waals surface area contributed by atoms with Gasteiger partial charge in [-0.3, -0.25) is 0 Å². The van der Waals surface area contributed by atoms with Crippen LogP contribution in [-0.4, -0.2) is 30.3 Å². The van der Waals surface area contributed by atoms with Crippen molar-refractivity contribution in [1.82, 2.24) is 10.6 Å². The average molecular weight is 230 g/mol. The number of amides is 1. The molecule has 0 aliphatic heterocycles. The minimum atomic E-state index is -0.443. The lowest BCUT2D eigenvalue weighted by molar-refractivity contribution is 0.0468. The molecule has 4 nitrogen and oxygen atoms in total. The van der Waals surface area contributed by atoms with Gasteiger partial charge in [0.2, 0.25) is 0 Å². The van der Waals surface area contributed by atoms with E-state index in [1.54, 1.807) is 0 Å². The maximum Gasteiger partial charge on any atom is 0.408 e. The SMILES string of the molecule is CCNCCC(C)(C)NC(=O)OC(C)(C)C. The largest absolute Gasteiger partial charge is 0.444 e. The number of carbonyl (C=O) groups excluding carboxylic acids is 1. The van der Waals surface area contributed by atoms with Crippen molar-refractivity contribution in [1.29, 1.82) is 0 Å². The predicted octanol–water partition coefficient (Wildman–Crippen LogP) is 2.29. The number of rotatable bonds is 5. The Morgan fingerprint density at radius 2 is 1.75 bits per heavy atom. The van der Waals surface area contributed by atoms with Gasteiger partial charge in [-0.15, -0.1) is 0 Å². The molecule has 0 spiro atoms. The van der Waals surface area contributed by atoms with Gasteiger partial charge in [-0.2, -0.15) is 0 Å². The first-order chi connectivity index (χ1) is 7.16. The third kappa shape index (κ3) is 8.53. The quantitative estimate of drug-likeness (QED) is 0.712. The minimum Gasteiger partial charge on any atom is -0.444 e. The lowest BCUT2D eigenvalue weighted by Gasteiger charge is -2.28. The zero-order chi connectivity index (χ0) is 12.8. The van der Waals surface area contributed by atoms with Gasteiger partial charge in [0.1, 0.15) is 5.60 Å². The summed E-state index contributed by atoms with van der Waals surface area (Å²) in [5.74, 6) is 0. The number of nitrogens with one attached hydrogen (secondary N) is 2. The van der Waals surface area contributed by atoms with E-state index in [4.69, 9.17) is 4.74 Å². The maximum absolute atomic E-state index is 11.6. The van der Waals surface area contributed by atoms with Gasteiger partial charge in [0.15, 0.2) is 0 Å². The fourth-order valence-corrected chi connectivity index (χ4v) is 1.22. The van der Waals surface area contributed by atoms with E-state index in [0.29, 0.717) is 0 Å². The molecule has 2 N–H and O–H groups in total. The fraction of sp³-hybridized carbons (Fsp3) is 0.917. The van der Waals surface area contributed by atoms with E-state index in [9.17, 15) is 4.79 Å². The smallest absolute Gasteiger partial charge is 0.408 e. The molecule has 0 atom stereocenters. The van der Waals surface area contributed by atoms with Crippen LogP contribution in [0, 0.1) is 0 Å². The van der Waals surface area contributed by atoms with Crippen molar-refractivity contribution in [2.75, 3.05) is 13.1 Å². The van der Waals surface area contributed by atoms with Crippen LogP contribution in [0.5, 0.6) is 0 Å². The normalized spacial score (nSPS) is 12.4. The van der Waals surface area contributed by atoms with Crippen molar-refractivity contribution in [2.24, 2.45) is 0 Å². The number of alkyl carbamates (subject to hydrolysis) is 1. The van der Waals surface area contributed by atoms with Crippen LogP contribution in [0.15, 0.2) is 0 Å². The van der Waals surface area contributed by atoms with Crippen LogP contribution in [0.1, 0.15) is 48.0 Å². The molecule has 0 saturated carbocycles. The first-order valence-electron chi connectivity index (χ1n) is 5.88. The number of ether oxygens (including phenoxy) is 1. The van der Waals surface area contributed by atoms with Gasteiger partial charge >= 0.3 is 6.09 Å². The van der Waals surface area contributed by atoms with E-state index in [1.807, 2.05) is 34.6 Å². The molecule has 16 heavy (non-hydrogen) atoms. The summed E-state index contributed by atoms with van der Waals surface area (Å²) in [6, 6.07) is 0. The van der Waals surface area contributed by atoms with Crippen molar-refractivity contribution in [3.63, 3.8) is 0 Å². The van der Waals surface area contributed by atoms with Crippen molar-refractivity contribution in [2.45, 2.75) is 59.1 Å². The summed E-state index contributed by atoms with van der Waals surface area (Å²) >= 11 is 0. The molecule has 0 fully saturated rings. The Balaban J connectivity index is 4.00. The Hall–Kier alpha value is -0.770. The van der Waals surface area contributed by atoms with Gasteiger partial charge in [-0.05, 0) is 54.1 Å². The summed E-state index contributed by atoms with van der Waals surface area (Å²) in [5, 5.41) is 6.10. The van der Waals surface area contributed by atoms with E-state index in [1.165, 1.54) is 0 Å². The number of hydrogen-bond donors (Lipinski definition) is 2. The Morgan fingerprint density at radius 3 is 2.19 bits per heavy atom. The molecule has 4 heteroatoms. The van der Waals surface area contributed by atoms with Crippen LogP contribution in [0.2, 0.25) is 0 Å². The lowest BCUT2D eigenvalue weighted by Crippen LogP contribution is -2.47. The van der Waals surface area contributed by atoms with E-state index < -0.39 is 5.60 Å². The molecular weight excluding hydrogens is 204 g/mol. The van der Waals surface area contributed by atoms with Crippen LogP contribution in [0.3, 0.4) is 0 Å². The molecule has 0 aromatic rings. The summed E-state index contributed by atoms with van der Waals surface area (Å²) in [7, 11) is 0. The van der Waals surface area contributed by atoms with Crippen LogP contribution in [-0.2, 0) is 4.74 Å². The molecule has 0 heterocycles. The minimum absolute atomic E-state index is 0.246. The van der Waals surface area contributed by atoms with E-state index in [0.717, 1.165) is 19.5 Å². The lowest BCUT2D eigenvalue weighted by atomic mass is 10.0. The molecule has 0 aromatic carbocycles. The Labute approximate surface area is 99.1 Å². The molecule has 0 aliphatic rings. The first kappa shape index (κ1) is 15.2. The Bertz CT molecular complexity index is 220. The highest BCUT2D eigenvalue weighted by Gasteiger charge is 2.23. The molecule has 0 bridgehead atoms. The summed E-state index contributed by atoms with van der Waals surface area (Å²) < 4.78 is 5.21. The second kappa shape index (κ2) is 6.09. The van der Waals surface area contributed by atoms with Gasteiger partial charge < -0.3 is 15.4 Å². The zero-order valence-corrected chi connectivity index (χ0v) is 11.4. The maximum atomic E-state index is 11.6. The average Bonchev–Trinajstić information content (AvgIpc) is 1.98. The number of carbonyl (C=O) groups is 1. The standard InChI is InChI=1S/C12H26N2O2/c1-7-13-9-8-12(5,6)14-10(15)16-11(2,3)4/h13H,7-9H2,1-6H3,(H,14,15). The Kier molecular flexibility index (Phi) is 5.79. The summed E-state index contributed by atoms with van der Waals surface area (Å²) in [5.41, 5.74) is -0.688. The summed E-state index contributed by atoms with van der Waals surface area (Å²) in [6.07, 6.45) is 0.522. The topological polar surface area (TPSA) is 50.4 Å². The third-order valence-corrected chi connectivity index (χ3v) is 2.02. The number of hydrogen-bond acceptors (Lipinski definition) is 3. The molecule has 0 rings (SSSR count). The van der Waals surface area contributed by atoms with Gasteiger partial charge in [0.25, 0.3) is 0 Å². The van der Waals surface area contributed by atoms with E-state index >= 15 is 0 Å². The van der Waals surface area contributed by atoms with E-state index in [2.05, 4.69) is 17.6 Å². The van der Waals surface area contributed by atoms with Gasteiger partial charge in [0, 0.05) is 5.54 Å². The van der Waals surface area contributed by atoms with Gasteiger partial charge in [-0.1, -0.05) is 6.92 Å². The zero-order valence-electron chi connectivity index (χ0n) is 11.4. The summed E-state index contributed by atoms with van der Waals surface area (Å²) in [4.78, 5) is 11.6. The molecule has 0 aliphatic carbocycles. The van der Waals surface area contributed by atoms with Crippen LogP contribution in [0.4, 0.5) is 4.79 Å². The second-order valence-corrected chi connectivity index (χ2v) is 5.61. The fourth-order valence-electron chi connectivity index (χ4n) is 1.22. The Morgan fingerprint density at radius 1 is 1.19 bits per heavy atom. The van der Waals surface area contributed by atoms with Gasteiger partial charge in [0.05, 0.1) is 0 Å². The molecule has 96 valence electrons. The van der Waals surface area contributed by atoms with Crippen molar-refractivity contribution in [3.8, 4) is 0 Å². The molecule has 0 saturated heterocycles. The highest BCUT2D eigenvalue weighted by atomic mass is 16.6. The van der Waals surface area contributed by atoms with Crippen LogP contribution in [0.25, 0.3) is 0 Å². The van der Waals surface area contributed by atoms with Crippen molar-refractivity contribution in [3.05, 3.63) is 0 Å². The first-order valence-corrected chi connectivity index (χ1v) is 5.88. The monoisotopic (exact) mass is 230 g/mol. The highest BCUT2D eigenvalue weighted by Crippen LogP contribution is 2.11. The summed E-state index contributed by atoms with van der Waals surface area (Å²) in [6.45, 7) is 13.5. The molecule has 1 amide bonds. The molecule has 0 radical (unpaired) electrons. The third-order valence-electron chi connectivity index (χ3n) is 2.02. The van der Waals surface area contributed by atoms with Crippen molar-refractivity contribution < 1.29 is 9.53 Å². The second-order valence-electron chi connectivity index (χ2n) is 5.61.